The van der Waals surface area contributed by atoms with Crippen LogP contribution in [0, 0.1) is 6.92 Å². The highest BCUT2D eigenvalue weighted by atomic mass is 35.5. The first-order valence-electron chi connectivity index (χ1n) is 11.4. The Hall–Kier alpha value is -4.31. The lowest BCUT2D eigenvalue weighted by Gasteiger charge is -2.15. The van der Waals surface area contributed by atoms with Gasteiger partial charge in [0.25, 0.3) is 5.56 Å². The van der Waals surface area contributed by atoms with E-state index in [1.54, 1.807) is 23.0 Å². The summed E-state index contributed by atoms with van der Waals surface area (Å²) in [5.74, 6) is -0.493. The largest absolute Gasteiger partial charge is 0.421 e. The Balaban J connectivity index is 1.65. The van der Waals surface area contributed by atoms with Crippen molar-refractivity contribution in [3.8, 4) is 11.3 Å². The molecule has 0 spiro atoms. The number of nitrogens with zero attached hydrogens (tertiary/aromatic N) is 5. The molecule has 0 aliphatic heterocycles. The fourth-order valence-electron chi connectivity index (χ4n) is 4.45. The zero-order valence-electron chi connectivity index (χ0n) is 20.1. The van der Waals surface area contributed by atoms with E-state index in [0.29, 0.717) is 22.7 Å². The van der Waals surface area contributed by atoms with Crippen LogP contribution in [0.25, 0.3) is 22.2 Å². The van der Waals surface area contributed by atoms with E-state index < -0.39 is 23.1 Å². The van der Waals surface area contributed by atoms with Gasteiger partial charge in [0.05, 0.1) is 22.8 Å². The number of ketones is 1. The van der Waals surface area contributed by atoms with E-state index in [4.69, 9.17) is 11.6 Å². The molecule has 0 saturated carbocycles. The first-order valence-corrected chi connectivity index (χ1v) is 11.8. The molecule has 5 aromatic rings. The number of alkyl halides is 3. The van der Waals surface area contributed by atoms with E-state index in [1.165, 1.54) is 18.6 Å². The van der Waals surface area contributed by atoms with Crippen molar-refractivity contribution in [2.24, 2.45) is 7.05 Å². The van der Waals surface area contributed by atoms with Gasteiger partial charge in [0.1, 0.15) is 5.56 Å². The molecule has 192 valence electrons. The third-order valence-corrected chi connectivity index (χ3v) is 6.47. The summed E-state index contributed by atoms with van der Waals surface area (Å²) < 4.78 is 42.5. The van der Waals surface area contributed by atoms with Crippen molar-refractivity contribution in [1.29, 1.82) is 0 Å². The number of para-hydroxylation sites is 1. The number of aromatic nitrogens is 5. The summed E-state index contributed by atoms with van der Waals surface area (Å²) in [7, 11) is 1.81. The maximum Gasteiger partial charge on any atom is 0.421 e. The molecule has 0 unspecified atom stereocenters. The standard InChI is InChI=1S/C27H19ClF3N5O2/c1-15-11-19(22-8-9-33-35(22)2)17-5-3-6-18(24(17)34-15)25(37)23-16(12-32-13-21(23)28)14-36-10-4-7-20(26(36)38)27(29,30)31/h3-13H,14H2,1-2H3. The number of hydrogen-bond acceptors (Lipinski definition) is 5. The summed E-state index contributed by atoms with van der Waals surface area (Å²) >= 11 is 6.42. The molecule has 11 heteroatoms. The molecule has 0 N–H and O–H groups in total. The van der Waals surface area contributed by atoms with Crippen LogP contribution >= 0.6 is 11.6 Å². The highest BCUT2D eigenvalue weighted by molar-refractivity contribution is 6.35. The summed E-state index contributed by atoms with van der Waals surface area (Å²) in [6.45, 7) is 1.47. The number of fused-ring (bicyclic) bond motifs is 1. The summed E-state index contributed by atoms with van der Waals surface area (Å²) in [6, 6.07) is 10.8. The minimum absolute atomic E-state index is 0.00374. The minimum atomic E-state index is -4.82. The van der Waals surface area contributed by atoms with Crippen LogP contribution in [-0.2, 0) is 19.8 Å². The number of aryl methyl sites for hydroxylation is 2. The van der Waals surface area contributed by atoms with Crippen LogP contribution < -0.4 is 5.56 Å². The molecule has 4 aromatic heterocycles. The average molecular weight is 538 g/mol. The maximum absolute atomic E-state index is 13.9. The number of benzene rings is 1. The molecule has 4 heterocycles. The van der Waals surface area contributed by atoms with E-state index in [1.807, 2.05) is 32.2 Å². The van der Waals surface area contributed by atoms with Crippen LogP contribution in [0.15, 0.2) is 72.0 Å². The van der Waals surface area contributed by atoms with Crippen LogP contribution in [0.2, 0.25) is 5.02 Å². The molecule has 5 rings (SSSR count). The van der Waals surface area contributed by atoms with Crippen molar-refractivity contribution in [1.82, 2.24) is 24.3 Å². The van der Waals surface area contributed by atoms with E-state index in [0.717, 1.165) is 21.9 Å². The smallest absolute Gasteiger partial charge is 0.311 e. The Kier molecular flexibility index (Phi) is 6.36. The van der Waals surface area contributed by atoms with Gasteiger partial charge in [-0.15, -0.1) is 0 Å². The number of rotatable bonds is 5. The summed E-state index contributed by atoms with van der Waals surface area (Å²) in [5.41, 5.74) is 0.704. The fraction of sp³-hybridized carbons (Fsp3) is 0.148. The molecule has 0 amide bonds. The third-order valence-electron chi connectivity index (χ3n) is 6.18. The van der Waals surface area contributed by atoms with E-state index in [9.17, 15) is 22.8 Å². The van der Waals surface area contributed by atoms with Crippen molar-refractivity contribution in [2.45, 2.75) is 19.6 Å². The molecular weight excluding hydrogens is 519 g/mol. The molecule has 0 atom stereocenters. The molecule has 0 aliphatic rings. The van der Waals surface area contributed by atoms with E-state index in [2.05, 4.69) is 15.1 Å². The van der Waals surface area contributed by atoms with Crippen LogP contribution in [0.5, 0.6) is 0 Å². The zero-order valence-corrected chi connectivity index (χ0v) is 20.9. The van der Waals surface area contributed by atoms with Gasteiger partial charge in [-0.2, -0.15) is 18.3 Å². The van der Waals surface area contributed by atoms with Crippen molar-refractivity contribution in [3.05, 3.63) is 111 Å². The molecule has 7 nitrogen and oxygen atoms in total. The Bertz CT molecular complexity index is 1780. The van der Waals surface area contributed by atoms with Crippen molar-refractivity contribution >= 4 is 28.3 Å². The van der Waals surface area contributed by atoms with Gasteiger partial charge in [0.2, 0.25) is 0 Å². The number of halogens is 4. The van der Waals surface area contributed by atoms with Crippen LogP contribution in [-0.4, -0.2) is 30.1 Å². The number of hydrogen-bond donors (Lipinski definition) is 0. The average Bonchev–Trinajstić information content (AvgIpc) is 3.29. The van der Waals surface area contributed by atoms with Crippen LogP contribution in [0.3, 0.4) is 0 Å². The van der Waals surface area contributed by atoms with Gasteiger partial charge in [-0.3, -0.25) is 24.2 Å². The molecular formula is C27H19ClF3N5O2. The third kappa shape index (κ3) is 4.47. The Labute approximate surface area is 219 Å². The quantitative estimate of drug-likeness (QED) is 0.278. The first-order chi connectivity index (χ1) is 18.1. The second-order valence-electron chi connectivity index (χ2n) is 8.69. The van der Waals surface area contributed by atoms with E-state index in [-0.39, 0.29) is 28.3 Å². The lowest BCUT2D eigenvalue weighted by atomic mass is 9.95. The minimum Gasteiger partial charge on any atom is -0.311 e. The lowest BCUT2D eigenvalue weighted by Crippen LogP contribution is -2.28. The normalized spacial score (nSPS) is 11.7. The highest BCUT2D eigenvalue weighted by Crippen LogP contribution is 2.32. The van der Waals surface area contributed by atoms with Crippen molar-refractivity contribution in [3.63, 3.8) is 0 Å². The van der Waals surface area contributed by atoms with Gasteiger partial charge in [-0.25, -0.2) is 0 Å². The molecule has 0 saturated heterocycles. The summed E-state index contributed by atoms with van der Waals surface area (Å²) in [5, 5.41) is 4.95. The molecule has 0 bridgehead atoms. The summed E-state index contributed by atoms with van der Waals surface area (Å²) in [6.07, 6.45) is 0.665. The maximum atomic E-state index is 13.9. The number of pyridine rings is 3. The number of carbonyl (C=O) groups is 1. The van der Waals surface area contributed by atoms with Gasteiger partial charge in [0.15, 0.2) is 5.78 Å². The second-order valence-corrected chi connectivity index (χ2v) is 9.10. The highest BCUT2D eigenvalue weighted by Gasteiger charge is 2.34. The monoisotopic (exact) mass is 537 g/mol. The van der Waals surface area contributed by atoms with Gasteiger partial charge >= 0.3 is 6.18 Å². The number of carbonyl (C=O) groups excluding carboxylic acids is 1. The van der Waals surface area contributed by atoms with Gasteiger partial charge in [0, 0.05) is 65.2 Å². The van der Waals surface area contributed by atoms with Crippen LogP contribution in [0.1, 0.15) is 32.7 Å². The summed E-state index contributed by atoms with van der Waals surface area (Å²) in [4.78, 5) is 35.1. The first kappa shape index (κ1) is 25.3. The van der Waals surface area contributed by atoms with E-state index >= 15 is 0 Å². The van der Waals surface area contributed by atoms with Crippen LogP contribution in [0.4, 0.5) is 13.2 Å². The van der Waals surface area contributed by atoms with Crippen molar-refractivity contribution in [2.75, 3.05) is 0 Å². The Morgan fingerprint density at radius 1 is 1.11 bits per heavy atom. The van der Waals surface area contributed by atoms with Crippen molar-refractivity contribution < 1.29 is 18.0 Å². The van der Waals surface area contributed by atoms with Gasteiger partial charge in [-0.1, -0.05) is 23.7 Å². The molecule has 0 radical (unpaired) electrons. The predicted octanol–water partition coefficient (Wildman–Crippen LogP) is 5.45. The Morgan fingerprint density at radius 3 is 2.61 bits per heavy atom. The van der Waals surface area contributed by atoms with Gasteiger partial charge in [-0.05, 0) is 37.3 Å². The SMILES string of the molecule is Cc1cc(-c2ccnn2C)c2cccc(C(=O)c3c(Cl)cncc3Cn3cccc(C(F)(F)F)c3=O)c2n1. The predicted molar refractivity (Wildman–Crippen MR) is 136 cm³/mol. The zero-order chi connectivity index (χ0) is 27.2. The lowest BCUT2D eigenvalue weighted by molar-refractivity contribution is -0.138. The fourth-order valence-corrected chi connectivity index (χ4v) is 4.72. The molecule has 38 heavy (non-hydrogen) atoms. The topological polar surface area (TPSA) is 82.7 Å². The second kappa shape index (κ2) is 9.53. The molecule has 1 aromatic carbocycles. The van der Waals surface area contributed by atoms with Gasteiger partial charge < -0.3 is 4.57 Å². The molecule has 0 aliphatic carbocycles. The molecule has 0 fully saturated rings. The Morgan fingerprint density at radius 2 is 1.89 bits per heavy atom.